The number of rotatable bonds is 6. The maximum absolute atomic E-state index is 9.38. The highest BCUT2D eigenvalue weighted by Crippen LogP contribution is 2.24. The minimum Gasteiger partial charge on any atom is -0.507 e. The number of H-pyrrole nitrogens is 1. The molecule has 0 bridgehead atoms. The Labute approximate surface area is 114 Å². The van der Waals surface area contributed by atoms with Gasteiger partial charge in [-0.3, -0.25) is 5.10 Å². The Morgan fingerprint density at radius 3 is 3.00 bits per heavy atom. The van der Waals surface area contributed by atoms with Crippen molar-refractivity contribution in [2.24, 2.45) is 0 Å². The number of aromatic nitrogens is 3. The summed E-state index contributed by atoms with van der Waals surface area (Å²) in [5.74, 6) is 1.19. The first-order chi connectivity index (χ1) is 8.75. The van der Waals surface area contributed by atoms with Crippen LogP contribution in [0.1, 0.15) is 17.8 Å². The van der Waals surface area contributed by atoms with Gasteiger partial charge in [0, 0.05) is 13.0 Å². The third kappa shape index (κ3) is 3.82. The first-order valence-corrected chi connectivity index (χ1v) is 6.57. The number of halogens is 1. The fourth-order valence-corrected chi connectivity index (χ4v) is 2.05. The molecular weight excluding hydrogens is 296 g/mol. The van der Waals surface area contributed by atoms with Gasteiger partial charge in [-0.25, -0.2) is 4.98 Å². The lowest BCUT2D eigenvalue weighted by atomic mass is 10.2. The van der Waals surface area contributed by atoms with E-state index in [1.807, 2.05) is 12.1 Å². The van der Waals surface area contributed by atoms with Crippen molar-refractivity contribution < 1.29 is 5.11 Å². The molecule has 0 spiro atoms. The summed E-state index contributed by atoms with van der Waals surface area (Å²) in [5.41, 5.74) is 1.14. The summed E-state index contributed by atoms with van der Waals surface area (Å²) in [7, 11) is 0. The van der Waals surface area contributed by atoms with E-state index in [0.717, 1.165) is 41.8 Å². The number of benzene rings is 1. The van der Waals surface area contributed by atoms with Crippen molar-refractivity contribution in [3.05, 3.63) is 40.4 Å². The van der Waals surface area contributed by atoms with Crippen LogP contribution in [-0.2, 0) is 13.0 Å². The van der Waals surface area contributed by atoms with Gasteiger partial charge in [0.05, 0.1) is 4.47 Å². The van der Waals surface area contributed by atoms with Crippen molar-refractivity contribution in [2.75, 3.05) is 6.54 Å². The zero-order valence-corrected chi connectivity index (χ0v) is 11.4. The Morgan fingerprint density at radius 1 is 1.39 bits per heavy atom. The lowest BCUT2D eigenvalue weighted by molar-refractivity contribution is 0.471. The van der Waals surface area contributed by atoms with Gasteiger partial charge in [0.25, 0.3) is 0 Å². The smallest absolute Gasteiger partial charge is 0.137 e. The molecule has 0 aliphatic carbocycles. The second kappa shape index (κ2) is 6.51. The van der Waals surface area contributed by atoms with Crippen LogP contribution < -0.4 is 5.32 Å². The third-order valence-electron chi connectivity index (χ3n) is 2.57. The molecule has 0 atom stereocenters. The normalized spacial score (nSPS) is 10.7. The van der Waals surface area contributed by atoms with Crippen LogP contribution in [0.3, 0.4) is 0 Å². The molecule has 18 heavy (non-hydrogen) atoms. The summed E-state index contributed by atoms with van der Waals surface area (Å²) in [6.07, 6.45) is 3.43. The topological polar surface area (TPSA) is 73.8 Å². The predicted molar refractivity (Wildman–Crippen MR) is 72.2 cm³/mol. The average Bonchev–Trinajstić information content (AvgIpc) is 2.86. The lowest BCUT2D eigenvalue weighted by Gasteiger charge is -2.05. The van der Waals surface area contributed by atoms with Crippen molar-refractivity contribution in [3.63, 3.8) is 0 Å². The van der Waals surface area contributed by atoms with E-state index < -0.39 is 0 Å². The lowest BCUT2D eigenvalue weighted by Crippen LogP contribution is -2.15. The van der Waals surface area contributed by atoms with Gasteiger partial charge in [0.15, 0.2) is 0 Å². The van der Waals surface area contributed by atoms with Crippen LogP contribution >= 0.6 is 15.9 Å². The molecule has 2 rings (SSSR count). The van der Waals surface area contributed by atoms with E-state index in [1.54, 1.807) is 6.07 Å². The minimum absolute atomic E-state index is 0.268. The first kappa shape index (κ1) is 13.0. The second-order valence-electron chi connectivity index (χ2n) is 4.00. The van der Waals surface area contributed by atoms with Gasteiger partial charge in [0.1, 0.15) is 17.9 Å². The van der Waals surface area contributed by atoms with Crippen LogP contribution in [0.2, 0.25) is 0 Å². The molecule has 96 valence electrons. The summed E-state index contributed by atoms with van der Waals surface area (Å²) in [6, 6.07) is 5.51. The quantitative estimate of drug-likeness (QED) is 0.713. The first-order valence-electron chi connectivity index (χ1n) is 5.78. The minimum atomic E-state index is 0.268. The Hall–Kier alpha value is -1.40. The summed E-state index contributed by atoms with van der Waals surface area (Å²) >= 11 is 3.30. The van der Waals surface area contributed by atoms with E-state index in [1.165, 1.54) is 6.33 Å². The standard InChI is InChI=1S/C12H15BrN4O/c13-10-6-9(3-4-11(10)18)7-14-5-1-2-12-15-8-16-17-12/h3-4,6,8,14,18H,1-2,5,7H2,(H,15,16,17). The SMILES string of the molecule is Oc1ccc(CNCCCc2ncn[nH]2)cc1Br. The number of phenols is 1. The molecule has 1 heterocycles. The number of phenolic OH excluding ortho intramolecular Hbond substituents is 1. The van der Waals surface area contributed by atoms with E-state index in [-0.39, 0.29) is 5.75 Å². The summed E-state index contributed by atoms with van der Waals surface area (Å²) in [4.78, 5) is 4.06. The fraction of sp³-hybridized carbons (Fsp3) is 0.333. The molecule has 1 aromatic carbocycles. The van der Waals surface area contributed by atoms with Crippen LogP contribution in [0.5, 0.6) is 5.75 Å². The molecule has 3 N–H and O–H groups in total. The number of aryl methyl sites for hydroxylation is 1. The molecule has 1 aromatic heterocycles. The molecule has 0 fully saturated rings. The molecule has 0 saturated carbocycles. The molecule has 0 aliphatic rings. The van der Waals surface area contributed by atoms with Gasteiger partial charge in [-0.15, -0.1) is 0 Å². The molecule has 2 aromatic rings. The molecule has 0 unspecified atom stereocenters. The highest BCUT2D eigenvalue weighted by atomic mass is 79.9. The molecule has 6 heteroatoms. The molecule has 5 nitrogen and oxygen atoms in total. The molecule has 0 aliphatic heterocycles. The monoisotopic (exact) mass is 310 g/mol. The molecular formula is C12H15BrN4O. The van der Waals surface area contributed by atoms with Crippen molar-refractivity contribution in [1.29, 1.82) is 0 Å². The van der Waals surface area contributed by atoms with Gasteiger partial charge < -0.3 is 10.4 Å². The maximum Gasteiger partial charge on any atom is 0.137 e. The Bertz CT molecular complexity index is 487. The molecule has 0 amide bonds. The van der Waals surface area contributed by atoms with Crippen LogP contribution in [0, 0.1) is 0 Å². The van der Waals surface area contributed by atoms with Crippen LogP contribution in [0.25, 0.3) is 0 Å². The van der Waals surface area contributed by atoms with E-state index in [0.29, 0.717) is 0 Å². The van der Waals surface area contributed by atoms with Gasteiger partial charge in [0.2, 0.25) is 0 Å². The second-order valence-corrected chi connectivity index (χ2v) is 4.85. The average molecular weight is 311 g/mol. The number of nitrogens with one attached hydrogen (secondary N) is 2. The van der Waals surface area contributed by atoms with Gasteiger partial charge in [-0.1, -0.05) is 6.07 Å². The number of nitrogens with zero attached hydrogens (tertiary/aromatic N) is 2. The fourth-order valence-electron chi connectivity index (χ4n) is 1.63. The van der Waals surface area contributed by atoms with E-state index >= 15 is 0 Å². The number of aromatic hydroxyl groups is 1. The van der Waals surface area contributed by atoms with Crippen LogP contribution in [0.15, 0.2) is 29.0 Å². The van der Waals surface area contributed by atoms with Crippen LogP contribution in [-0.4, -0.2) is 26.8 Å². The zero-order chi connectivity index (χ0) is 12.8. The van der Waals surface area contributed by atoms with Crippen LogP contribution in [0.4, 0.5) is 0 Å². The van der Waals surface area contributed by atoms with E-state index in [9.17, 15) is 5.11 Å². The maximum atomic E-state index is 9.38. The summed E-state index contributed by atoms with van der Waals surface area (Å²) in [5, 5.41) is 19.4. The van der Waals surface area contributed by atoms with Gasteiger partial charge >= 0.3 is 0 Å². The number of hydrogen-bond acceptors (Lipinski definition) is 4. The Morgan fingerprint density at radius 2 is 2.28 bits per heavy atom. The van der Waals surface area contributed by atoms with Gasteiger partial charge in [-0.05, 0) is 46.6 Å². The third-order valence-corrected chi connectivity index (χ3v) is 3.21. The molecule has 0 saturated heterocycles. The van der Waals surface area contributed by atoms with Gasteiger partial charge in [-0.2, -0.15) is 5.10 Å². The highest BCUT2D eigenvalue weighted by Gasteiger charge is 1.99. The highest BCUT2D eigenvalue weighted by molar-refractivity contribution is 9.10. The largest absolute Gasteiger partial charge is 0.507 e. The Balaban J connectivity index is 1.67. The summed E-state index contributed by atoms with van der Waals surface area (Å²) in [6.45, 7) is 1.70. The molecule has 0 radical (unpaired) electrons. The van der Waals surface area contributed by atoms with Crippen molar-refractivity contribution in [2.45, 2.75) is 19.4 Å². The van der Waals surface area contributed by atoms with Crippen molar-refractivity contribution >= 4 is 15.9 Å². The van der Waals surface area contributed by atoms with E-state index in [4.69, 9.17) is 0 Å². The van der Waals surface area contributed by atoms with Crippen molar-refractivity contribution in [1.82, 2.24) is 20.5 Å². The number of hydrogen-bond donors (Lipinski definition) is 3. The zero-order valence-electron chi connectivity index (χ0n) is 9.86. The summed E-state index contributed by atoms with van der Waals surface area (Å²) < 4.78 is 0.725. The number of aromatic amines is 1. The van der Waals surface area contributed by atoms with Crippen molar-refractivity contribution in [3.8, 4) is 5.75 Å². The Kier molecular flexibility index (Phi) is 4.72. The predicted octanol–water partition coefficient (Wildman–Crippen LogP) is 2.00. The van der Waals surface area contributed by atoms with E-state index in [2.05, 4.69) is 36.4 Å².